The molecule has 3 aromatic heterocycles. The van der Waals surface area contributed by atoms with Gasteiger partial charge < -0.3 is 0 Å². The van der Waals surface area contributed by atoms with Gasteiger partial charge in [-0.3, -0.25) is 4.98 Å². The summed E-state index contributed by atoms with van der Waals surface area (Å²) in [7, 11) is 0. The molecule has 0 aliphatic heterocycles. The lowest BCUT2D eigenvalue weighted by atomic mass is 9.97. The molecule has 0 amide bonds. The van der Waals surface area contributed by atoms with Gasteiger partial charge >= 0.3 is 0 Å². The first kappa shape index (κ1) is 24.9. The van der Waals surface area contributed by atoms with Crippen LogP contribution in [0, 0.1) is 0 Å². The van der Waals surface area contributed by atoms with Crippen molar-refractivity contribution in [3.05, 3.63) is 158 Å². The second-order valence-electron chi connectivity index (χ2n) is 10.6. The molecule has 0 bridgehead atoms. The third-order valence-electron chi connectivity index (χ3n) is 7.91. The molecule has 8 rings (SSSR count). The number of aromatic nitrogens is 4. The standard InChI is InChI=1S/C39H26N4/c1-3-10-27(11-4-1)32-25-35(29-13-5-2-6-14-29)41-36(26-32)30-15-9-16-31(24-30)39-38-34-17-8-7-12-28(34)18-19-37(38)43(42-39)33-20-22-40-23-21-33/h1-26H. The zero-order chi connectivity index (χ0) is 28.6. The molecule has 0 atom stereocenters. The van der Waals surface area contributed by atoms with Gasteiger partial charge in [0.2, 0.25) is 0 Å². The van der Waals surface area contributed by atoms with Crippen molar-refractivity contribution in [3.63, 3.8) is 0 Å². The van der Waals surface area contributed by atoms with Crippen LogP contribution >= 0.6 is 0 Å². The maximum absolute atomic E-state index is 5.21. The highest BCUT2D eigenvalue weighted by molar-refractivity contribution is 6.13. The Bertz CT molecular complexity index is 2160. The number of pyridine rings is 2. The minimum atomic E-state index is 0.921. The summed E-state index contributed by atoms with van der Waals surface area (Å²) in [4.78, 5) is 9.39. The van der Waals surface area contributed by atoms with Crippen LogP contribution in [0.2, 0.25) is 0 Å². The van der Waals surface area contributed by atoms with Gasteiger partial charge in [-0.2, -0.15) is 5.10 Å². The van der Waals surface area contributed by atoms with Gasteiger partial charge in [-0.15, -0.1) is 0 Å². The molecule has 43 heavy (non-hydrogen) atoms. The maximum Gasteiger partial charge on any atom is 0.101 e. The number of hydrogen-bond donors (Lipinski definition) is 0. The van der Waals surface area contributed by atoms with Crippen LogP contribution in [-0.4, -0.2) is 19.7 Å². The third-order valence-corrected chi connectivity index (χ3v) is 7.91. The molecular formula is C39H26N4. The summed E-state index contributed by atoms with van der Waals surface area (Å²) in [6.45, 7) is 0. The van der Waals surface area contributed by atoms with E-state index in [0.717, 1.165) is 61.5 Å². The van der Waals surface area contributed by atoms with Crippen molar-refractivity contribution in [2.75, 3.05) is 0 Å². The number of rotatable bonds is 5. The molecule has 0 saturated carbocycles. The fourth-order valence-corrected chi connectivity index (χ4v) is 5.83. The number of fused-ring (bicyclic) bond motifs is 3. The summed E-state index contributed by atoms with van der Waals surface area (Å²) < 4.78 is 2.02. The summed E-state index contributed by atoms with van der Waals surface area (Å²) in [5.41, 5.74) is 10.3. The smallest absolute Gasteiger partial charge is 0.101 e. The van der Waals surface area contributed by atoms with E-state index >= 15 is 0 Å². The largest absolute Gasteiger partial charge is 0.265 e. The Hall–Kier alpha value is -5.87. The molecule has 4 heteroatoms. The first-order valence-electron chi connectivity index (χ1n) is 14.4. The normalized spacial score (nSPS) is 11.3. The van der Waals surface area contributed by atoms with Gasteiger partial charge in [0.05, 0.1) is 22.6 Å². The van der Waals surface area contributed by atoms with Gasteiger partial charge in [0, 0.05) is 34.5 Å². The Morgan fingerprint density at radius 2 is 1.12 bits per heavy atom. The Morgan fingerprint density at radius 1 is 0.465 bits per heavy atom. The summed E-state index contributed by atoms with van der Waals surface area (Å²) in [5, 5.41) is 8.70. The molecule has 8 aromatic rings. The van der Waals surface area contributed by atoms with Crippen LogP contribution in [0.5, 0.6) is 0 Å². The van der Waals surface area contributed by atoms with Gasteiger partial charge in [0.15, 0.2) is 0 Å². The van der Waals surface area contributed by atoms with Gasteiger partial charge in [-0.1, -0.05) is 109 Å². The third kappa shape index (κ3) is 4.55. The molecule has 0 spiro atoms. The highest BCUT2D eigenvalue weighted by Gasteiger charge is 2.18. The topological polar surface area (TPSA) is 43.6 Å². The zero-order valence-electron chi connectivity index (χ0n) is 23.3. The van der Waals surface area contributed by atoms with Crippen molar-refractivity contribution in [3.8, 4) is 50.6 Å². The van der Waals surface area contributed by atoms with Crippen LogP contribution in [0.25, 0.3) is 72.3 Å². The molecule has 5 aromatic carbocycles. The SMILES string of the molecule is c1ccc(-c2cc(-c3ccccc3)nc(-c3cccc(-c4nn(-c5ccncc5)c5ccc6ccccc6c45)c3)c2)cc1. The van der Waals surface area contributed by atoms with Gasteiger partial charge in [-0.25, -0.2) is 9.67 Å². The van der Waals surface area contributed by atoms with Gasteiger partial charge in [-0.05, 0) is 58.3 Å². The van der Waals surface area contributed by atoms with E-state index in [2.05, 4.69) is 126 Å². The van der Waals surface area contributed by atoms with Crippen LogP contribution in [0.1, 0.15) is 0 Å². The van der Waals surface area contributed by atoms with Crippen molar-refractivity contribution in [1.82, 2.24) is 19.7 Å². The van der Waals surface area contributed by atoms with E-state index in [9.17, 15) is 0 Å². The highest BCUT2D eigenvalue weighted by Crippen LogP contribution is 2.37. The first-order chi connectivity index (χ1) is 21.3. The van der Waals surface area contributed by atoms with E-state index in [1.54, 1.807) is 12.4 Å². The van der Waals surface area contributed by atoms with E-state index in [4.69, 9.17) is 10.1 Å². The van der Waals surface area contributed by atoms with Crippen LogP contribution < -0.4 is 0 Å². The van der Waals surface area contributed by atoms with E-state index in [1.165, 1.54) is 10.8 Å². The Balaban J connectivity index is 1.34. The summed E-state index contributed by atoms with van der Waals surface area (Å²) in [6, 6.07) is 50.6. The lowest BCUT2D eigenvalue weighted by molar-refractivity contribution is 0.911. The second kappa shape index (κ2) is 10.5. The molecule has 0 saturated heterocycles. The second-order valence-corrected chi connectivity index (χ2v) is 10.6. The van der Waals surface area contributed by atoms with E-state index in [-0.39, 0.29) is 0 Å². The quantitative estimate of drug-likeness (QED) is 0.214. The summed E-state index contributed by atoms with van der Waals surface area (Å²) in [6.07, 6.45) is 3.61. The van der Waals surface area contributed by atoms with Crippen LogP contribution in [0.3, 0.4) is 0 Å². The molecule has 0 radical (unpaired) electrons. The molecular weight excluding hydrogens is 524 g/mol. The van der Waals surface area contributed by atoms with Crippen molar-refractivity contribution in [2.45, 2.75) is 0 Å². The number of hydrogen-bond acceptors (Lipinski definition) is 3. The molecule has 4 nitrogen and oxygen atoms in total. The molecule has 0 N–H and O–H groups in total. The molecule has 0 aliphatic rings. The fraction of sp³-hybridized carbons (Fsp3) is 0. The fourth-order valence-electron chi connectivity index (χ4n) is 5.83. The Kier molecular flexibility index (Phi) is 6.08. The first-order valence-corrected chi connectivity index (χ1v) is 14.4. The maximum atomic E-state index is 5.21. The van der Waals surface area contributed by atoms with Crippen LogP contribution in [-0.2, 0) is 0 Å². The van der Waals surface area contributed by atoms with Gasteiger partial charge in [0.1, 0.15) is 5.69 Å². The molecule has 0 unspecified atom stereocenters. The van der Waals surface area contributed by atoms with Gasteiger partial charge in [0.25, 0.3) is 0 Å². The van der Waals surface area contributed by atoms with Crippen molar-refractivity contribution >= 4 is 21.7 Å². The lowest BCUT2D eigenvalue weighted by Crippen LogP contribution is -1.96. The highest BCUT2D eigenvalue weighted by atomic mass is 15.3. The Labute approximate surface area is 249 Å². The van der Waals surface area contributed by atoms with Crippen molar-refractivity contribution in [1.29, 1.82) is 0 Å². The van der Waals surface area contributed by atoms with Crippen LogP contribution in [0.15, 0.2) is 158 Å². The van der Waals surface area contributed by atoms with Crippen molar-refractivity contribution in [2.24, 2.45) is 0 Å². The Morgan fingerprint density at radius 3 is 1.91 bits per heavy atom. The zero-order valence-corrected chi connectivity index (χ0v) is 23.3. The monoisotopic (exact) mass is 550 g/mol. The molecule has 0 fully saturated rings. The minimum Gasteiger partial charge on any atom is -0.265 e. The van der Waals surface area contributed by atoms with Crippen LogP contribution in [0.4, 0.5) is 0 Å². The minimum absolute atomic E-state index is 0.921. The molecule has 3 heterocycles. The van der Waals surface area contributed by atoms with Crippen molar-refractivity contribution < 1.29 is 0 Å². The number of benzene rings is 5. The average molecular weight is 551 g/mol. The molecule has 0 aliphatic carbocycles. The average Bonchev–Trinajstić information content (AvgIpc) is 3.50. The summed E-state index contributed by atoms with van der Waals surface area (Å²) >= 11 is 0. The lowest BCUT2D eigenvalue weighted by Gasteiger charge is -2.11. The summed E-state index contributed by atoms with van der Waals surface area (Å²) in [5.74, 6) is 0. The predicted molar refractivity (Wildman–Crippen MR) is 176 cm³/mol. The van der Waals surface area contributed by atoms with E-state index in [1.807, 2.05) is 28.9 Å². The predicted octanol–water partition coefficient (Wildman–Crippen LogP) is 9.64. The van der Waals surface area contributed by atoms with E-state index < -0.39 is 0 Å². The number of nitrogens with zero attached hydrogens (tertiary/aromatic N) is 4. The molecule has 202 valence electrons. The van der Waals surface area contributed by atoms with E-state index in [0.29, 0.717) is 0 Å².